The average molecular weight is 222 g/mol. The van der Waals surface area contributed by atoms with E-state index >= 15 is 0 Å². The molecule has 0 saturated carbocycles. The lowest BCUT2D eigenvalue weighted by Gasteiger charge is -2.00. The van der Waals surface area contributed by atoms with Crippen LogP contribution in [-0.4, -0.2) is 11.5 Å². The molecular formula is C11H14N2OS. The van der Waals surface area contributed by atoms with E-state index in [0.29, 0.717) is 0 Å². The molecule has 3 nitrogen and oxygen atoms in total. The maximum atomic E-state index is 5.40. The van der Waals surface area contributed by atoms with E-state index in [4.69, 9.17) is 4.42 Å². The second-order valence-corrected chi connectivity index (χ2v) is 4.10. The van der Waals surface area contributed by atoms with Crippen LogP contribution >= 0.6 is 11.3 Å². The summed E-state index contributed by atoms with van der Waals surface area (Å²) in [7, 11) is 0. The van der Waals surface area contributed by atoms with Crippen molar-refractivity contribution in [2.45, 2.75) is 19.9 Å². The van der Waals surface area contributed by atoms with Gasteiger partial charge in [-0.05, 0) is 24.4 Å². The van der Waals surface area contributed by atoms with Crippen LogP contribution in [0.2, 0.25) is 0 Å². The van der Waals surface area contributed by atoms with Crippen molar-refractivity contribution in [3.63, 3.8) is 0 Å². The van der Waals surface area contributed by atoms with E-state index in [0.717, 1.165) is 36.5 Å². The van der Waals surface area contributed by atoms with Gasteiger partial charge in [0.15, 0.2) is 12.2 Å². The molecule has 1 N–H and O–H groups in total. The van der Waals surface area contributed by atoms with Crippen molar-refractivity contribution in [3.05, 3.63) is 28.9 Å². The standard InChI is InChI=1S/C11H14N2OS/c1-2-4-12-6-10-11(14-8-13-10)9-3-5-15-7-9/h3,5,7-8,12H,2,4,6H2,1H3. The lowest BCUT2D eigenvalue weighted by atomic mass is 10.2. The number of aromatic nitrogens is 1. The maximum absolute atomic E-state index is 5.40. The van der Waals surface area contributed by atoms with Gasteiger partial charge in [0.1, 0.15) is 5.69 Å². The van der Waals surface area contributed by atoms with E-state index in [-0.39, 0.29) is 0 Å². The highest BCUT2D eigenvalue weighted by molar-refractivity contribution is 7.08. The molecule has 0 atom stereocenters. The van der Waals surface area contributed by atoms with Gasteiger partial charge in [-0.15, -0.1) is 0 Å². The molecule has 0 bridgehead atoms. The van der Waals surface area contributed by atoms with Crippen molar-refractivity contribution in [3.8, 4) is 11.3 Å². The Hall–Kier alpha value is -1.13. The van der Waals surface area contributed by atoms with Crippen LogP contribution in [0.4, 0.5) is 0 Å². The third kappa shape index (κ3) is 2.46. The van der Waals surface area contributed by atoms with Crippen LogP contribution in [0.15, 0.2) is 27.6 Å². The summed E-state index contributed by atoms with van der Waals surface area (Å²) in [5, 5.41) is 7.44. The molecule has 80 valence electrons. The molecule has 0 aliphatic rings. The Kier molecular flexibility index (Phi) is 3.53. The van der Waals surface area contributed by atoms with Gasteiger partial charge in [0, 0.05) is 17.5 Å². The van der Waals surface area contributed by atoms with Crippen LogP contribution in [0.25, 0.3) is 11.3 Å². The van der Waals surface area contributed by atoms with Gasteiger partial charge in [-0.25, -0.2) is 4.98 Å². The van der Waals surface area contributed by atoms with Gasteiger partial charge in [-0.1, -0.05) is 6.92 Å². The lowest BCUT2D eigenvalue weighted by molar-refractivity contribution is 0.569. The normalized spacial score (nSPS) is 10.7. The molecule has 0 fully saturated rings. The van der Waals surface area contributed by atoms with E-state index in [1.165, 1.54) is 6.39 Å². The molecule has 2 heterocycles. The fraction of sp³-hybridized carbons (Fsp3) is 0.364. The van der Waals surface area contributed by atoms with Crippen molar-refractivity contribution < 1.29 is 4.42 Å². The highest BCUT2D eigenvalue weighted by Gasteiger charge is 2.09. The summed E-state index contributed by atoms with van der Waals surface area (Å²) >= 11 is 1.67. The predicted octanol–water partition coefficient (Wildman–Crippen LogP) is 2.90. The summed E-state index contributed by atoms with van der Waals surface area (Å²) in [5.74, 6) is 0.889. The summed E-state index contributed by atoms with van der Waals surface area (Å²) in [5.41, 5.74) is 2.10. The second kappa shape index (κ2) is 5.09. The Bertz CT molecular complexity index is 394. The van der Waals surface area contributed by atoms with Crippen LogP contribution < -0.4 is 5.32 Å². The lowest BCUT2D eigenvalue weighted by Crippen LogP contribution is -2.14. The third-order valence-corrected chi connectivity index (χ3v) is 2.83. The Labute approximate surface area is 93.2 Å². The summed E-state index contributed by atoms with van der Waals surface area (Å²) in [6.07, 6.45) is 2.64. The monoisotopic (exact) mass is 222 g/mol. The SMILES string of the molecule is CCCNCc1ncoc1-c1ccsc1. The van der Waals surface area contributed by atoms with Gasteiger partial charge in [0.25, 0.3) is 0 Å². The van der Waals surface area contributed by atoms with Crippen molar-refractivity contribution >= 4 is 11.3 Å². The zero-order valence-electron chi connectivity index (χ0n) is 8.69. The van der Waals surface area contributed by atoms with Crippen LogP contribution in [-0.2, 0) is 6.54 Å². The maximum Gasteiger partial charge on any atom is 0.181 e. The molecule has 0 spiro atoms. The van der Waals surface area contributed by atoms with Crippen molar-refractivity contribution in [1.82, 2.24) is 10.3 Å². The fourth-order valence-electron chi connectivity index (χ4n) is 1.41. The van der Waals surface area contributed by atoms with Crippen LogP contribution in [0, 0.1) is 0 Å². The molecule has 0 unspecified atom stereocenters. The van der Waals surface area contributed by atoms with Crippen LogP contribution in [0.3, 0.4) is 0 Å². The van der Waals surface area contributed by atoms with E-state index in [9.17, 15) is 0 Å². The Morgan fingerprint density at radius 3 is 3.20 bits per heavy atom. The molecule has 0 aromatic carbocycles. The number of rotatable bonds is 5. The number of hydrogen-bond donors (Lipinski definition) is 1. The summed E-state index contributed by atoms with van der Waals surface area (Å²) in [6, 6.07) is 2.05. The average Bonchev–Trinajstić information content (AvgIpc) is 2.87. The Morgan fingerprint density at radius 2 is 2.47 bits per heavy atom. The second-order valence-electron chi connectivity index (χ2n) is 3.32. The Morgan fingerprint density at radius 1 is 1.53 bits per heavy atom. The quantitative estimate of drug-likeness (QED) is 0.790. The molecule has 15 heavy (non-hydrogen) atoms. The number of thiophene rings is 1. The first-order valence-corrected chi connectivity index (χ1v) is 6.01. The fourth-order valence-corrected chi connectivity index (χ4v) is 2.04. The minimum Gasteiger partial charge on any atom is -0.443 e. The number of oxazole rings is 1. The minimum absolute atomic E-state index is 0.773. The van der Waals surface area contributed by atoms with Crippen molar-refractivity contribution in [2.24, 2.45) is 0 Å². The van der Waals surface area contributed by atoms with Gasteiger partial charge in [0.2, 0.25) is 0 Å². The highest BCUT2D eigenvalue weighted by Crippen LogP contribution is 2.24. The van der Waals surface area contributed by atoms with Crippen molar-refractivity contribution in [1.29, 1.82) is 0 Å². The number of nitrogens with zero attached hydrogens (tertiary/aromatic N) is 1. The molecule has 0 aliphatic heterocycles. The van der Waals surface area contributed by atoms with Gasteiger partial charge in [0.05, 0.1) is 0 Å². The van der Waals surface area contributed by atoms with E-state index in [1.54, 1.807) is 11.3 Å². The van der Waals surface area contributed by atoms with Gasteiger partial charge >= 0.3 is 0 Å². The van der Waals surface area contributed by atoms with Gasteiger partial charge < -0.3 is 9.73 Å². The van der Waals surface area contributed by atoms with Crippen LogP contribution in [0.5, 0.6) is 0 Å². The van der Waals surface area contributed by atoms with Crippen LogP contribution in [0.1, 0.15) is 19.0 Å². The highest BCUT2D eigenvalue weighted by atomic mass is 32.1. The van der Waals surface area contributed by atoms with E-state index in [2.05, 4.69) is 28.7 Å². The summed E-state index contributed by atoms with van der Waals surface area (Å²) < 4.78 is 5.40. The predicted molar refractivity (Wildman–Crippen MR) is 61.8 cm³/mol. The zero-order valence-corrected chi connectivity index (χ0v) is 9.51. The molecule has 2 aromatic heterocycles. The molecule has 0 radical (unpaired) electrons. The first-order valence-electron chi connectivity index (χ1n) is 5.07. The summed E-state index contributed by atoms with van der Waals surface area (Å²) in [6.45, 7) is 3.93. The number of hydrogen-bond acceptors (Lipinski definition) is 4. The molecular weight excluding hydrogens is 208 g/mol. The largest absolute Gasteiger partial charge is 0.443 e. The zero-order chi connectivity index (χ0) is 10.5. The topological polar surface area (TPSA) is 38.1 Å². The molecule has 0 aliphatic carbocycles. The van der Waals surface area contributed by atoms with Gasteiger partial charge in [-0.3, -0.25) is 0 Å². The Balaban J connectivity index is 2.09. The molecule has 4 heteroatoms. The van der Waals surface area contributed by atoms with E-state index < -0.39 is 0 Å². The molecule has 0 amide bonds. The smallest absolute Gasteiger partial charge is 0.181 e. The molecule has 2 aromatic rings. The number of nitrogens with one attached hydrogen (secondary N) is 1. The van der Waals surface area contributed by atoms with E-state index in [1.807, 2.05) is 5.38 Å². The van der Waals surface area contributed by atoms with Gasteiger partial charge in [-0.2, -0.15) is 11.3 Å². The van der Waals surface area contributed by atoms with Crippen molar-refractivity contribution in [2.75, 3.05) is 6.54 Å². The first kappa shape index (κ1) is 10.4. The molecule has 0 saturated heterocycles. The molecule has 2 rings (SSSR count). The summed E-state index contributed by atoms with van der Waals surface area (Å²) in [4.78, 5) is 4.22. The third-order valence-electron chi connectivity index (χ3n) is 2.14. The minimum atomic E-state index is 0.773. The first-order chi connectivity index (χ1) is 7.42.